The van der Waals surface area contributed by atoms with E-state index < -0.39 is 10.7 Å². The zero-order valence-electron chi connectivity index (χ0n) is 14.6. The van der Waals surface area contributed by atoms with E-state index in [0.29, 0.717) is 10.6 Å². The third-order valence-electron chi connectivity index (χ3n) is 3.84. The Morgan fingerprint density at radius 2 is 1.76 bits per heavy atom. The van der Waals surface area contributed by atoms with Gasteiger partial charge in [0.1, 0.15) is 11.6 Å². The zero-order chi connectivity index (χ0) is 21.0. The van der Waals surface area contributed by atoms with Crippen LogP contribution < -0.4 is 4.74 Å². The molecule has 0 aliphatic rings. The summed E-state index contributed by atoms with van der Waals surface area (Å²) < 4.78 is 18.5. The maximum atomic E-state index is 13.0. The van der Waals surface area contributed by atoms with Crippen LogP contribution in [0.4, 0.5) is 10.1 Å². The molecule has 0 aliphatic carbocycles. The molecule has 0 bridgehead atoms. The summed E-state index contributed by atoms with van der Waals surface area (Å²) in [5, 5.41) is 12.0. The summed E-state index contributed by atoms with van der Waals surface area (Å²) in [5.74, 6) is -0.574. The van der Waals surface area contributed by atoms with Crippen molar-refractivity contribution in [2.75, 3.05) is 0 Å². The Morgan fingerprint density at radius 1 is 1.03 bits per heavy atom. The number of ketones is 1. The molecule has 146 valence electrons. The van der Waals surface area contributed by atoms with E-state index >= 15 is 0 Å². The number of nitro groups is 1. The van der Waals surface area contributed by atoms with Crippen molar-refractivity contribution in [3.05, 3.63) is 104 Å². The van der Waals surface area contributed by atoms with Crippen LogP contribution in [0.2, 0.25) is 10.0 Å². The number of hydrogen-bond acceptors (Lipinski definition) is 4. The van der Waals surface area contributed by atoms with Gasteiger partial charge in [-0.15, -0.1) is 0 Å². The highest BCUT2D eigenvalue weighted by Crippen LogP contribution is 2.32. The van der Waals surface area contributed by atoms with Crippen LogP contribution >= 0.6 is 23.2 Å². The normalized spacial score (nSPS) is 10.9. The molecule has 0 saturated heterocycles. The third-order valence-corrected chi connectivity index (χ3v) is 4.39. The molecule has 0 radical (unpaired) electrons. The number of halogens is 3. The summed E-state index contributed by atoms with van der Waals surface area (Å²) in [7, 11) is 0. The predicted molar refractivity (Wildman–Crippen MR) is 109 cm³/mol. The zero-order valence-corrected chi connectivity index (χ0v) is 16.2. The Labute approximate surface area is 175 Å². The van der Waals surface area contributed by atoms with Crippen molar-refractivity contribution in [3.63, 3.8) is 0 Å². The van der Waals surface area contributed by atoms with Gasteiger partial charge in [-0.25, -0.2) is 4.39 Å². The van der Waals surface area contributed by atoms with Crippen LogP contribution in [-0.4, -0.2) is 10.7 Å². The van der Waals surface area contributed by atoms with E-state index in [1.54, 1.807) is 12.1 Å². The van der Waals surface area contributed by atoms with Gasteiger partial charge in [-0.05, 0) is 60.2 Å². The van der Waals surface area contributed by atoms with Crippen molar-refractivity contribution in [1.29, 1.82) is 0 Å². The lowest BCUT2D eigenvalue weighted by atomic mass is 10.1. The summed E-state index contributed by atoms with van der Waals surface area (Å²) in [6.45, 7) is 0. The number of ether oxygens (including phenoxy) is 1. The number of rotatable bonds is 6. The molecular formula is C21H12Cl2FNO4. The molecule has 3 rings (SSSR count). The number of nitrogens with zero attached hydrogens (tertiary/aromatic N) is 1. The molecule has 5 nitrogen and oxygen atoms in total. The average Bonchev–Trinajstić information content (AvgIpc) is 2.68. The highest BCUT2D eigenvalue weighted by molar-refractivity contribution is 6.37. The quantitative estimate of drug-likeness (QED) is 0.187. The molecule has 0 atom stereocenters. The van der Waals surface area contributed by atoms with Crippen molar-refractivity contribution in [2.45, 2.75) is 0 Å². The SMILES string of the molecule is O=C(/C=C\c1ccc(Oc2ccc(F)cc2)c([N+](=O)[O-])c1)c1ccc(Cl)cc1Cl. The molecule has 0 aromatic heterocycles. The lowest BCUT2D eigenvalue weighted by molar-refractivity contribution is -0.385. The number of carbonyl (C=O) groups excluding carboxylic acids is 1. The first-order valence-electron chi connectivity index (χ1n) is 8.23. The number of carbonyl (C=O) groups is 1. The molecule has 8 heteroatoms. The largest absolute Gasteiger partial charge is 0.450 e. The van der Waals surface area contributed by atoms with Crippen LogP contribution in [0, 0.1) is 15.9 Å². The van der Waals surface area contributed by atoms with E-state index in [-0.39, 0.29) is 33.6 Å². The Balaban J connectivity index is 1.84. The Morgan fingerprint density at radius 3 is 2.41 bits per heavy atom. The van der Waals surface area contributed by atoms with Gasteiger partial charge in [-0.3, -0.25) is 14.9 Å². The third kappa shape index (κ3) is 5.19. The lowest BCUT2D eigenvalue weighted by Crippen LogP contribution is -1.96. The molecule has 0 spiro atoms. The van der Waals surface area contributed by atoms with Crippen LogP contribution in [0.25, 0.3) is 6.08 Å². The van der Waals surface area contributed by atoms with Gasteiger partial charge in [0.2, 0.25) is 5.75 Å². The molecule has 3 aromatic carbocycles. The van der Waals surface area contributed by atoms with E-state index in [1.165, 1.54) is 60.7 Å². The summed E-state index contributed by atoms with van der Waals surface area (Å²) in [6.07, 6.45) is 2.69. The van der Waals surface area contributed by atoms with Gasteiger partial charge in [0, 0.05) is 16.7 Å². The molecule has 0 unspecified atom stereocenters. The minimum absolute atomic E-state index is 0.00849. The monoisotopic (exact) mass is 431 g/mol. The standard InChI is InChI=1S/C21H12Cl2FNO4/c22-14-3-8-17(18(23)12-14)20(26)9-1-13-2-10-21(19(11-13)25(27)28)29-16-6-4-15(24)5-7-16/h1-12H/b9-1-. The first kappa shape index (κ1) is 20.5. The summed E-state index contributed by atoms with van der Waals surface area (Å²) in [5.41, 5.74) is 0.383. The molecule has 0 amide bonds. The fraction of sp³-hybridized carbons (Fsp3) is 0. The second kappa shape index (κ2) is 8.86. The molecule has 29 heavy (non-hydrogen) atoms. The predicted octanol–water partition coefficient (Wildman–Crippen LogP) is 6.73. The second-order valence-corrected chi connectivity index (χ2v) is 6.71. The molecular weight excluding hydrogens is 420 g/mol. The van der Waals surface area contributed by atoms with E-state index in [2.05, 4.69) is 0 Å². The molecule has 0 heterocycles. The second-order valence-electron chi connectivity index (χ2n) is 5.86. The molecule has 0 saturated carbocycles. The van der Waals surface area contributed by atoms with Crippen molar-refractivity contribution in [1.82, 2.24) is 0 Å². The maximum Gasteiger partial charge on any atom is 0.312 e. The topological polar surface area (TPSA) is 69.4 Å². The number of allylic oxidation sites excluding steroid dienone is 1. The summed E-state index contributed by atoms with van der Waals surface area (Å²) in [6, 6.07) is 13.8. The van der Waals surface area contributed by atoms with Crippen molar-refractivity contribution in [2.24, 2.45) is 0 Å². The van der Waals surface area contributed by atoms with E-state index in [0.717, 1.165) is 0 Å². The first-order chi connectivity index (χ1) is 13.8. The highest BCUT2D eigenvalue weighted by atomic mass is 35.5. The van der Waals surface area contributed by atoms with E-state index in [4.69, 9.17) is 27.9 Å². The lowest BCUT2D eigenvalue weighted by Gasteiger charge is -2.07. The van der Waals surface area contributed by atoms with E-state index in [1.807, 2.05) is 0 Å². The van der Waals surface area contributed by atoms with Crippen LogP contribution in [0.1, 0.15) is 15.9 Å². The van der Waals surface area contributed by atoms with Gasteiger partial charge in [0.05, 0.1) is 9.95 Å². The minimum Gasteiger partial charge on any atom is -0.450 e. The molecule has 0 aliphatic heterocycles. The maximum absolute atomic E-state index is 13.0. The Hall–Kier alpha value is -3.22. The highest BCUT2D eigenvalue weighted by Gasteiger charge is 2.16. The van der Waals surface area contributed by atoms with Gasteiger partial charge in [-0.1, -0.05) is 35.3 Å². The van der Waals surface area contributed by atoms with Crippen molar-refractivity contribution < 1.29 is 18.8 Å². The van der Waals surface area contributed by atoms with Gasteiger partial charge in [0.25, 0.3) is 0 Å². The molecule has 0 N–H and O–H groups in total. The Kier molecular flexibility index (Phi) is 6.26. The van der Waals surface area contributed by atoms with Crippen LogP contribution in [-0.2, 0) is 0 Å². The number of nitro benzene ring substituents is 1. The summed E-state index contributed by atoms with van der Waals surface area (Å²) >= 11 is 11.8. The number of benzene rings is 3. The Bertz CT molecular complexity index is 1110. The van der Waals surface area contributed by atoms with E-state index in [9.17, 15) is 19.3 Å². The molecule has 3 aromatic rings. The van der Waals surface area contributed by atoms with Crippen molar-refractivity contribution in [3.8, 4) is 11.5 Å². The van der Waals surface area contributed by atoms with Gasteiger partial charge < -0.3 is 4.74 Å². The number of hydrogen-bond donors (Lipinski definition) is 0. The van der Waals surface area contributed by atoms with Crippen LogP contribution in [0.15, 0.2) is 66.7 Å². The fourth-order valence-electron chi connectivity index (χ4n) is 2.45. The minimum atomic E-state index is -0.603. The first-order valence-corrected chi connectivity index (χ1v) is 8.98. The van der Waals surface area contributed by atoms with Gasteiger partial charge in [0.15, 0.2) is 5.78 Å². The fourth-order valence-corrected chi connectivity index (χ4v) is 2.95. The van der Waals surface area contributed by atoms with Crippen LogP contribution in [0.3, 0.4) is 0 Å². The smallest absolute Gasteiger partial charge is 0.312 e. The summed E-state index contributed by atoms with van der Waals surface area (Å²) in [4.78, 5) is 23.1. The van der Waals surface area contributed by atoms with Crippen LogP contribution in [0.5, 0.6) is 11.5 Å². The molecule has 0 fully saturated rings. The van der Waals surface area contributed by atoms with Gasteiger partial charge >= 0.3 is 5.69 Å². The average molecular weight is 432 g/mol. The van der Waals surface area contributed by atoms with Crippen molar-refractivity contribution >= 4 is 40.7 Å². The van der Waals surface area contributed by atoms with Gasteiger partial charge in [-0.2, -0.15) is 0 Å².